The summed E-state index contributed by atoms with van der Waals surface area (Å²) < 4.78 is 20.5. The van der Waals surface area contributed by atoms with Gasteiger partial charge >= 0.3 is 0 Å². The molecule has 1 aliphatic rings. The van der Waals surface area contributed by atoms with E-state index in [1.807, 2.05) is 43.6 Å². The van der Waals surface area contributed by atoms with E-state index in [4.69, 9.17) is 29.2 Å². The summed E-state index contributed by atoms with van der Waals surface area (Å²) in [6.07, 6.45) is 7.68. The normalized spacial score (nSPS) is 16.7. The first-order valence-corrected chi connectivity index (χ1v) is 11.3. The molecule has 0 N–H and O–H groups in total. The molecule has 1 fully saturated rings. The van der Waals surface area contributed by atoms with Gasteiger partial charge in [0.2, 0.25) is 0 Å². The summed E-state index contributed by atoms with van der Waals surface area (Å²) in [5.74, 6) is 1.75. The number of aromatic nitrogens is 5. The molecule has 1 unspecified atom stereocenters. The van der Waals surface area contributed by atoms with Gasteiger partial charge in [-0.1, -0.05) is 0 Å². The van der Waals surface area contributed by atoms with Gasteiger partial charge in [-0.05, 0) is 25.0 Å². The molecule has 1 saturated heterocycles. The summed E-state index contributed by atoms with van der Waals surface area (Å²) in [4.78, 5) is 14.6. The highest BCUT2D eigenvalue weighted by Crippen LogP contribution is 2.27. The summed E-state index contributed by atoms with van der Waals surface area (Å²) in [5.41, 5.74) is 4.81. The Bertz CT molecular complexity index is 1350. The van der Waals surface area contributed by atoms with E-state index in [9.17, 15) is 0 Å². The molecule has 1 atom stereocenters. The maximum atomic E-state index is 5.76. The highest BCUT2D eigenvalue weighted by Gasteiger charge is 2.17. The third-order valence-electron chi connectivity index (χ3n) is 5.98. The van der Waals surface area contributed by atoms with Gasteiger partial charge in [0.05, 0.1) is 44.6 Å². The number of methoxy groups -OCH3 is 2. The number of ether oxygens (including phenoxy) is 3. The maximum Gasteiger partial charge on any atom is 0.160 e. The van der Waals surface area contributed by atoms with Crippen molar-refractivity contribution in [1.29, 1.82) is 0 Å². The second-order valence-corrected chi connectivity index (χ2v) is 8.43. The van der Waals surface area contributed by atoms with Crippen molar-refractivity contribution >= 4 is 16.9 Å². The Labute approximate surface area is 197 Å². The zero-order valence-electron chi connectivity index (χ0n) is 19.6. The molecular formula is C25H28N6O3. The van der Waals surface area contributed by atoms with Gasteiger partial charge in [0, 0.05) is 56.1 Å². The van der Waals surface area contributed by atoms with Crippen molar-refractivity contribution in [1.82, 2.24) is 24.3 Å². The van der Waals surface area contributed by atoms with Gasteiger partial charge in [0.15, 0.2) is 5.65 Å². The predicted molar refractivity (Wildman–Crippen MR) is 128 cm³/mol. The summed E-state index contributed by atoms with van der Waals surface area (Å²) in [5, 5.41) is 4.28. The minimum atomic E-state index is 0.377. The van der Waals surface area contributed by atoms with Gasteiger partial charge in [-0.25, -0.2) is 9.98 Å². The number of hydrogen-bond donors (Lipinski definition) is 0. The summed E-state index contributed by atoms with van der Waals surface area (Å²) in [6.45, 7) is 2.29. The van der Waals surface area contributed by atoms with Gasteiger partial charge in [-0.2, -0.15) is 5.10 Å². The third-order valence-corrected chi connectivity index (χ3v) is 5.98. The first-order chi connectivity index (χ1) is 16.6. The molecule has 3 aromatic heterocycles. The molecule has 9 nitrogen and oxygen atoms in total. The predicted octanol–water partition coefficient (Wildman–Crippen LogP) is 3.51. The average molecular weight is 461 g/mol. The molecule has 0 spiro atoms. The van der Waals surface area contributed by atoms with Crippen molar-refractivity contribution in [2.45, 2.75) is 19.4 Å². The highest BCUT2D eigenvalue weighted by molar-refractivity contribution is 5.73. The van der Waals surface area contributed by atoms with E-state index < -0.39 is 0 Å². The number of rotatable bonds is 6. The lowest BCUT2D eigenvalue weighted by atomic mass is 10.0. The lowest BCUT2D eigenvalue weighted by molar-refractivity contribution is 0.0483. The van der Waals surface area contributed by atoms with Crippen molar-refractivity contribution in [2.24, 2.45) is 18.0 Å². The Balaban J connectivity index is 1.68. The summed E-state index contributed by atoms with van der Waals surface area (Å²) in [6, 6.07) is 9.55. The molecule has 34 heavy (non-hydrogen) atoms. The Morgan fingerprint density at radius 1 is 1.12 bits per heavy atom. The number of hydrogen-bond acceptors (Lipinski definition) is 7. The van der Waals surface area contributed by atoms with Crippen LogP contribution >= 0.6 is 0 Å². The Kier molecular flexibility index (Phi) is 6.27. The molecule has 4 heterocycles. The zero-order chi connectivity index (χ0) is 23.5. The smallest absolute Gasteiger partial charge is 0.160 e. The van der Waals surface area contributed by atoms with Crippen LogP contribution in [0.3, 0.4) is 0 Å². The molecule has 4 aromatic rings. The molecule has 1 aromatic carbocycles. The van der Waals surface area contributed by atoms with E-state index >= 15 is 0 Å². The second kappa shape index (κ2) is 9.64. The molecule has 5 rings (SSSR count). The van der Waals surface area contributed by atoms with Crippen LogP contribution in [0.2, 0.25) is 0 Å². The first kappa shape index (κ1) is 22.1. The van der Waals surface area contributed by atoms with Crippen LogP contribution in [0.5, 0.6) is 11.5 Å². The van der Waals surface area contributed by atoms with Crippen LogP contribution in [0, 0.1) is 5.92 Å². The minimum absolute atomic E-state index is 0.377. The quantitative estimate of drug-likeness (QED) is 0.438. The molecule has 176 valence electrons. The Morgan fingerprint density at radius 2 is 1.94 bits per heavy atom. The molecule has 1 aliphatic heterocycles. The molecule has 0 radical (unpaired) electrons. The van der Waals surface area contributed by atoms with Crippen molar-refractivity contribution < 1.29 is 14.2 Å². The average Bonchev–Trinajstić information content (AvgIpc) is 3.31. The van der Waals surface area contributed by atoms with Gasteiger partial charge in [0.1, 0.15) is 22.5 Å². The van der Waals surface area contributed by atoms with Crippen molar-refractivity contribution in [2.75, 3.05) is 27.4 Å². The Morgan fingerprint density at radius 3 is 2.62 bits per heavy atom. The highest BCUT2D eigenvalue weighted by atomic mass is 16.5. The fraction of sp³-hybridized carbons (Fsp3) is 0.360. The molecule has 0 aliphatic carbocycles. The minimum Gasteiger partial charge on any atom is -0.497 e. The largest absolute Gasteiger partial charge is 0.497 e. The number of fused-ring (bicyclic) bond motifs is 1. The van der Waals surface area contributed by atoms with Crippen LogP contribution in [-0.4, -0.2) is 51.7 Å². The zero-order valence-corrected chi connectivity index (χ0v) is 19.6. The molecule has 0 bridgehead atoms. The lowest BCUT2D eigenvalue weighted by Crippen LogP contribution is -2.29. The van der Waals surface area contributed by atoms with Crippen LogP contribution in [-0.2, 0) is 18.3 Å². The van der Waals surface area contributed by atoms with Crippen LogP contribution in [0.15, 0.2) is 53.9 Å². The van der Waals surface area contributed by atoms with E-state index in [1.54, 1.807) is 31.3 Å². The van der Waals surface area contributed by atoms with E-state index in [0.717, 1.165) is 66.2 Å². The number of pyridine rings is 1. The van der Waals surface area contributed by atoms with Gasteiger partial charge in [-0.15, -0.1) is 0 Å². The number of nitrogens with zero attached hydrogens (tertiary/aromatic N) is 6. The third kappa shape index (κ3) is 4.65. The number of benzene rings is 1. The topological polar surface area (TPSA) is 88.6 Å². The maximum absolute atomic E-state index is 5.76. The second-order valence-electron chi connectivity index (χ2n) is 8.43. The van der Waals surface area contributed by atoms with Crippen LogP contribution in [0.1, 0.15) is 12.8 Å². The first-order valence-electron chi connectivity index (χ1n) is 11.3. The van der Waals surface area contributed by atoms with E-state index in [-0.39, 0.29) is 0 Å². The molecule has 0 amide bonds. The molecule has 9 heteroatoms. The van der Waals surface area contributed by atoms with E-state index in [1.165, 1.54) is 0 Å². The fourth-order valence-electron chi connectivity index (χ4n) is 4.23. The molecule has 0 saturated carbocycles. The lowest BCUT2D eigenvalue weighted by Gasteiger charge is -2.24. The van der Waals surface area contributed by atoms with Crippen molar-refractivity contribution in [3.8, 4) is 22.8 Å². The van der Waals surface area contributed by atoms with Crippen molar-refractivity contribution in [3.63, 3.8) is 0 Å². The van der Waals surface area contributed by atoms with Gasteiger partial charge in [-0.3, -0.25) is 9.67 Å². The number of aryl methyl sites for hydroxylation is 1. The molecular weight excluding hydrogens is 432 g/mol. The van der Waals surface area contributed by atoms with Gasteiger partial charge in [0.25, 0.3) is 0 Å². The van der Waals surface area contributed by atoms with Gasteiger partial charge < -0.3 is 18.8 Å². The monoisotopic (exact) mass is 460 g/mol. The summed E-state index contributed by atoms with van der Waals surface area (Å²) in [7, 11) is 5.15. The van der Waals surface area contributed by atoms with Crippen LogP contribution < -0.4 is 15.0 Å². The van der Waals surface area contributed by atoms with Crippen LogP contribution in [0.4, 0.5) is 5.69 Å². The van der Waals surface area contributed by atoms with E-state index in [0.29, 0.717) is 17.4 Å². The van der Waals surface area contributed by atoms with E-state index in [2.05, 4.69) is 9.67 Å². The SMILES string of the molecule is COc1cc(/N=c2\ccc3ncc(-c4cnn(C)c4)nc3n2CC2CCCOC2)cc(OC)c1. The standard InChI is InChI=1S/C25H28N6O3/c1-30-15-18(12-27-30)23-13-26-22-6-7-24(28-19-9-20(32-2)11-21(10-19)33-3)31(25(22)29-23)14-17-5-4-8-34-16-17/h6-7,9-13,15,17H,4-5,8,14,16H2,1-3H3/b28-24+. The Hall–Kier alpha value is -3.72. The van der Waals surface area contributed by atoms with Crippen molar-refractivity contribution in [3.05, 3.63) is 54.4 Å². The van der Waals surface area contributed by atoms with Crippen LogP contribution in [0.25, 0.3) is 22.4 Å². The summed E-state index contributed by atoms with van der Waals surface area (Å²) >= 11 is 0. The fourth-order valence-corrected chi connectivity index (χ4v) is 4.23.